The number of hydrogen-bond donors (Lipinski definition) is 0. The second-order valence-corrected chi connectivity index (χ2v) is 7.85. The Hall–Kier alpha value is -3.01. The summed E-state index contributed by atoms with van der Waals surface area (Å²) in [6.07, 6.45) is 0. The zero-order valence-corrected chi connectivity index (χ0v) is 18.6. The highest BCUT2D eigenvalue weighted by atomic mass is 32.2. The summed E-state index contributed by atoms with van der Waals surface area (Å²) in [7, 11) is 1.23. The van der Waals surface area contributed by atoms with Crippen LogP contribution in [0.25, 0.3) is 0 Å². The SMILES string of the molecule is CCOC(=O)C1=C(CSCC(C)=O)N=C(C)C(C(=O)OC)C1c1cccc([N+](=O)[O-])c1. The minimum atomic E-state index is -0.951. The van der Waals surface area contributed by atoms with Crippen molar-refractivity contribution in [2.45, 2.75) is 26.7 Å². The van der Waals surface area contributed by atoms with Crippen molar-refractivity contribution < 1.29 is 28.8 Å². The van der Waals surface area contributed by atoms with Crippen molar-refractivity contribution >= 4 is 40.9 Å². The minimum absolute atomic E-state index is 0.0255. The highest BCUT2D eigenvalue weighted by molar-refractivity contribution is 8.00. The van der Waals surface area contributed by atoms with Crippen molar-refractivity contribution in [2.24, 2.45) is 10.9 Å². The molecular formula is C21H24N2O7S. The van der Waals surface area contributed by atoms with Gasteiger partial charge in [-0.1, -0.05) is 12.1 Å². The Labute approximate surface area is 184 Å². The van der Waals surface area contributed by atoms with Gasteiger partial charge in [-0.15, -0.1) is 11.8 Å². The molecule has 9 nitrogen and oxygen atoms in total. The maximum absolute atomic E-state index is 13.0. The summed E-state index contributed by atoms with van der Waals surface area (Å²) in [5, 5.41) is 11.3. The second kappa shape index (κ2) is 10.9. The zero-order chi connectivity index (χ0) is 23.1. The number of rotatable bonds is 9. The lowest BCUT2D eigenvalue weighted by atomic mass is 9.75. The molecule has 10 heteroatoms. The van der Waals surface area contributed by atoms with E-state index in [2.05, 4.69) is 4.99 Å². The van der Waals surface area contributed by atoms with Gasteiger partial charge in [0.15, 0.2) is 0 Å². The molecule has 1 heterocycles. The van der Waals surface area contributed by atoms with Crippen LogP contribution in [-0.4, -0.2) is 53.6 Å². The van der Waals surface area contributed by atoms with E-state index < -0.39 is 28.7 Å². The van der Waals surface area contributed by atoms with Gasteiger partial charge in [-0.2, -0.15) is 0 Å². The van der Waals surface area contributed by atoms with E-state index in [0.717, 1.165) is 0 Å². The number of carbonyl (C=O) groups excluding carboxylic acids is 3. The van der Waals surface area contributed by atoms with Crippen molar-refractivity contribution in [3.05, 3.63) is 51.2 Å². The van der Waals surface area contributed by atoms with Crippen LogP contribution >= 0.6 is 11.8 Å². The fraction of sp³-hybridized carbons (Fsp3) is 0.429. The van der Waals surface area contributed by atoms with E-state index in [0.29, 0.717) is 17.0 Å². The predicted molar refractivity (Wildman–Crippen MR) is 116 cm³/mol. The molecule has 31 heavy (non-hydrogen) atoms. The Morgan fingerprint density at radius 2 is 2.00 bits per heavy atom. The fourth-order valence-electron chi connectivity index (χ4n) is 3.41. The van der Waals surface area contributed by atoms with E-state index in [4.69, 9.17) is 9.47 Å². The van der Waals surface area contributed by atoms with Crippen LogP contribution in [0.5, 0.6) is 0 Å². The molecule has 0 aliphatic carbocycles. The summed E-state index contributed by atoms with van der Waals surface area (Å²) in [6.45, 7) is 4.86. The normalized spacial score (nSPS) is 18.3. The molecule has 1 aliphatic rings. The van der Waals surface area contributed by atoms with Gasteiger partial charge in [-0.3, -0.25) is 24.7 Å². The molecule has 2 atom stereocenters. The lowest BCUT2D eigenvalue weighted by molar-refractivity contribution is -0.384. The van der Waals surface area contributed by atoms with E-state index in [1.54, 1.807) is 19.9 Å². The molecule has 1 aliphatic heterocycles. The molecule has 0 saturated carbocycles. The molecule has 2 unspecified atom stereocenters. The number of benzene rings is 1. The average molecular weight is 448 g/mol. The van der Waals surface area contributed by atoms with Gasteiger partial charge in [0, 0.05) is 29.5 Å². The number of hydrogen-bond acceptors (Lipinski definition) is 9. The summed E-state index contributed by atoms with van der Waals surface area (Å²) < 4.78 is 10.2. The lowest BCUT2D eigenvalue weighted by Crippen LogP contribution is -2.36. The first kappa shape index (κ1) is 24.3. The third-order valence-corrected chi connectivity index (χ3v) is 5.74. The van der Waals surface area contributed by atoms with Crippen LogP contribution < -0.4 is 0 Å². The number of Topliss-reactive ketones (excluding diaryl/α,β-unsaturated/α-hetero) is 1. The van der Waals surface area contributed by atoms with Crippen LogP contribution in [0.2, 0.25) is 0 Å². The number of ether oxygens (including phenoxy) is 2. The number of nitro groups is 1. The number of carbonyl (C=O) groups is 3. The first-order chi connectivity index (χ1) is 14.7. The maximum atomic E-state index is 13.0. The Balaban J connectivity index is 2.69. The monoisotopic (exact) mass is 448 g/mol. The van der Waals surface area contributed by atoms with E-state index >= 15 is 0 Å². The van der Waals surface area contributed by atoms with E-state index in [-0.39, 0.29) is 35.2 Å². The van der Waals surface area contributed by atoms with Crippen LogP contribution in [0.1, 0.15) is 32.3 Å². The first-order valence-corrected chi connectivity index (χ1v) is 10.7. The largest absolute Gasteiger partial charge is 0.468 e. The Morgan fingerprint density at radius 1 is 1.29 bits per heavy atom. The number of methoxy groups -OCH3 is 1. The minimum Gasteiger partial charge on any atom is -0.468 e. The number of thioether (sulfide) groups is 1. The number of ketones is 1. The van der Waals surface area contributed by atoms with Gasteiger partial charge < -0.3 is 9.47 Å². The third-order valence-electron chi connectivity index (χ3n) is 4.65. The first-order valence-electron chi connectivity index (χ1n) is 9.55. The summed E-state index contributed by atoms with van der Waals surface area (Å²) in [5.74, 6) is -2.66. The van der Waals surface area contributed by atoms with Crippen molar-refractivity contribution in [3.8, 4) is 0 Å². The highest BCUT2D eigenvalue weighted by Gasteiger charge is 2.43. The molecule has 2 rings (SSSR count). The molecule has 0 fully saturated rings. The van der Waals surface area contributed by atoms with Crippen LogP contribution in [-0.2, 0) is 23.9 Å². The summed E-state index contributed by atoms with van der Waals surface area (Å²) >= 11 is 1.28. The molecule has 0 bridgehead atoms. The van der Waals surface area contributed by atoms with E-state index in [9.17, 15) is 24.5 Å². The number of nitro benzene ring substituents is 1. The lowest BCUT2D eigenvalue weighted by Gasteiger charge is -2.31. The van der Waals surface area contributed by atoms with Crippen LogP contribution in [0.15, 0.2) is 40.5 Å². The number of aliphatic imine (C=N–C) groups is 1. The third kappa shape index (κ3) is 5.78. The van der Waals surface area contributed by atoms with Crippen molar-refractivity contribution in [3.63, 3.8) is 0 Å². The van der Waals surface area contributed by atoms with Gasteiger partial charge in [-0.25, -0.2) is 4.79 Å². The fourth-order valence-corrected chi connectivity index (χ4v) is 4.21. The Morgan fingerprint density at radius 3 is 2.58 bits per heavy atom. The molecule has 166 valence electrons. The quantitative estimate of drug-likeness (QED) is 0.321. The molecule has 0 spiro atoms. The molecule has 1 aromatic carbocycles. The average Bonchev–Trinajstić information content (AvgIpc) is 2.72. The molecule has 0 amide bonds. The van der Waals surface area contributed by atoms with Gasteiger partial charge in [0.2, 0.25) is 0 Å². The number of non-ortho nitro benzene ring substituents is 1. The Bertz CT molecular complexity index is 955. The molecule has 0 radical (unpaired) electrons. The van der Waals surface area contributed by atoms with Gasteiger partial charge in [0.05, 0.1) is 35.7 Å². The predicted octanol–water partition coefficient (Wildman–Crippen LogP) is 3.08. The van der Waals surface area contributed by atoms with Crippen molar-refractivity contribution in [1.82, 2.24) is 0 Å². The maximum Gasteiger partial charge on any atom is 0.336 e. The van der Waals surface area contributed by atoms with Crippen LogP contribution in [0.3, 0.4) is 0 Å². The van der Waals surface area contributed by atoms with Crippen LogP contribution in [0.4, 0.5) is 5.69 Å². The highest BCUT2D eigenvalue weighted by Crippen LogP contribution is 2.41. The number of nitrogens with zero attached hydrogens (tertiary/aromatic N) is 2. The topological polar surface area (TPSA) is 125 Å². The van der Waals surface area contributed by atoms with Crippen molar-refractivity contribution in [2.75, 3.05) is 25.2 Å². The van der Waals surface area contributed by atoms with Crippen molar-refractivity contribution in [1.29, 1.82) is 0 Å². The standard InChI is InChI=1S/C21H24N2O7S/c1-5-30-21(26)19-16(11-31-10-12(2)24)22-13(3)17(20(25)29-4)18(19)14-7-6-8-15(9-14)23(27)28/h6-9,17-18H,5,10-11H2,1-4H3. The molecule has 0 saturated heterocycles. The molecule has 0 N–H and O–H groups in total. The van der Waals surface area contributed by atoms with Gasteiger partial charge in [0.25, 0.3) is 5.69 Å². The van der Waals surface area contributed by atoms with Gasteiger partial charge >= 0.3 is 11.9 Å². The number of esters is 2. The molecule has 0 aromatic heterocycles. The summed E-state index contributed by atoms with van der Waals surface area (Å²) in [5.41, 5.74) is 1.15. The summed E-state index contributed by atoms with van der Waals surface area (Å²) in [6, 6.07) is 5.78. The van der Waals surface area contributed by atoms with E-state index in [1.807, 2.05) is 0 Å². The second-order valence-electron chi connectivity index (χ2n) is 6.86. The smallest absolute Gasteiger partial charge is 0.336 e. The zero-order valence-electron chi connectivity index (χ0n) is 17.7. The molecule has 1 aromatic rings. The van der Waals surface area contributed by atoms with E-state index in [1.165, 1.54) is 44.0 Å². The van der Waals surface area contributed by atoms with Gasteiger partial charge in [0.1, 0.15) is 11.7 Å². The Kier molecular flexibility index (Phi) is 8.49. The summed E-state index contributed by atoms with van der Waals surface area (Å²) in [4.78, 5) is 52.2. The molecular weight excluding hydrogens is 424 g/mol. The van der Waals surface area contributed by atoms with Crippen LogP contribution in [0, 0.1) is 16.0 Å². The van der Waals surface area contributed by atoms with Gasteiger partial charge in [-0.05, 0) is 26.3 Å².